The van der Waals surface area contributed by atoms with E-state index in [1.54, 1.807) is 6.92 Å². The molecule has 5 nitrogen and oxygen atoms in total. The van der Waals surface area contributed by atoms with E-state index in [4.69, 9.17) is 9.42 Å². The Bertz CT molecular complexity index is 523. The Balaban J connectivity index is 0. The number of hydrogen-bond donors (Lipinski definition) is 1. The van der Waals surface area contributed by atoms with E-state index in [0.29, 0.717) is 6.61 Å². The van der Waals surface area contributed by atoms with Crippen LogP contribution in [-0.4, -0.2) is 36.6 Å². The summed E-state index contributed by atoms with van der Waals surface area (Å²) < 4.78 is 33.7. The SMILES string of the molecule is CCCCCCCCP(=O)(CCCCCCCC)CCCCCCCC.CCCCCCOP(=O)(O)OCC. The molecule has 0 saturated carbocycles. The summed E-state index contributed by atoms with van der Waals surface area (Å²) in [7, 11) is -5.63. The molecule has 0 aromatic heterocycles. The highest BCUT2D eigenvalue weighted by Crippen LogP contribution is 2.48. The van der Waals surface area contributed by atoms with Crippen molar-refractivity contribution >= 4 is 15.0 Å². The Morgan fingerprint density at radius 3 is 1.08 bits per heavy atom. The molecule has 238 valence electrons. The van der Waals surface area contributed by atoms with Gasteiger partial charge in [-0.15, -0.1) is 0 Å². The van der Waals surface area contributed by atoms with E-state index >= 15 is 0 Å². The highest BCUT2D eigenvalue weighted by molar-refractivity contribution is 7.63. The minimum absolute atomic E-state index is 0.197. The summed E-state index contributed by atoms with van der Waals surface area (Å²) in [6.45, 7) is 11.1. The molecule has 0 heterocycles. The minimum atomic E-state index is -3.74. The van der Waals surface area contributed by atoms with E-state index in [-0.39, 0.29) is 6.61 Å². The van der Waals surface area contributed by atoms with Gasteiger partial charge in [-0.3, -0.25) is 9.05 Å². The van der Waals surface area contributed by atoms with Crippen LogP contribution >= 0.6 is 15.0 Å². The molecule has 0 rings (SSSR count). The van der Waals surface area contributed by atoms with Crippen LogP contribution in [0.2, 0.25) is 0 Å². The molecular formula is C32H70O5P2. The van der Waals surface area contributed by atoms with Crippen molar-refractivity contribution in [2.24, 2.45) is 0 Å². The monoisotopic (exact) mass is 596 g/mol. The van der Waals surface area contributed by atoms with Gasteiger partial charge in [0.1, 0.15) is 0 Å². The van der Waals surface area contributed by atoms with Crippen molar-refractivity contribution in [3.63, 3.8) is 0 Å². The summed E-state index contributed by atoms with van der Waals surface area (Å²) in [5.41, 5.74) is 0. The maximum absolute atomic E-state index is 13.5. The molecule has 0 bridgehead atoms. The predicted octanol–water partition coefficient (Wildman–Crippen LogP) is 12.2. The third-order valence-electron chi connectivity index (χ3n) is 7.30. The van der Waals surface area contributed by atoms with Gasteiger partial charge in [0.05, 0.1) is 20.4 Å². The molecule has 1 atom stereocenters. The van der Waals surface area contributed by atoms with Gasteiger partial charge in [-0.1, -0.05) is 143 Å². The molecule has 0 aliphatic heterocycles. The molecule has 39 heavy (non-hydrogen) atoms. The Morgan fingerprint density at radius 2 is 0.744 bits per heavy atom. The molecule has 0 fully saturated rings. The number of phosphoric ester groups is 1. The van der Waals surface area contributed by atoms with Crippen molar-refractivity contribution in [2.75, 3.05) is 31.7 Å². The highest BCUT2D eigenvalue weighted by atomic mass is 31.2. The van der Waals surface area contributed by atoms with Crippen molar-refractivity contribution in [3.05, 3.63) is 0 Å². The number of hydrogen-bond acceptors (Lipinski definition) is 4. The summed E-state index contributed by atoms with van der Waals surface area (Å²) in [5, 5.41) is 0. The van der Waals surface area contributed by atoms with E-state index in [0.717, 1.165) is 44.2 Å². The van der Waals surface area contributed by atoms with Crippen LogP contribution in [0, 0.1) is 0 Å². The molecule has 0 saturated heterocycles. The number of phosphoric acid groups is 1. The molecule has 0 aliphatic carbocycles. The van der Waals surface area contributed by atoms with E-state index in [1.165, 1.54) is 116 Å². The van der Waals surface area contributed by atoms with Crippen LogP contribution in [0.15, 0.2) is 0 Å². The summed E-state index contributed by atoms with van der Waals surface area (Å²) in [6, 6.07) is 0. The third-order valence-corrected chi connectivity index (χ3v) is 11.8. The molecular weight excluding hydrogens is 526 g/mol. The van der Waals surface area contributed by atoms with E-state index < -0.39 is 15.0 Å². The van der Waals surface area contributed by atoms with Crippen LogP contribution in [0.25, 0.3) is 0 Å². The van der Waals surface area contributed by atoms with Crippen LogP contribution in [0.5, 0.6) is 0 Å². The van der Waals surface area contributed by atoms with Crippen molar-refractivity contribution in [1.82, 2.24) is 0 Å². The van der Waals surface area contributed by atoms with Crippen LogP contribution < -0.4 is 0 Å². The Hall–Kier alpha value is 0.340. The molecule has 0 aromatic rings. The van der Waals surface area contributed by atoms with E-state index in [1.807, 2.05) is 0 Å². The van der Waals surface area contributed by atoms with Crippen LogP contribution in [0.4, 0.5) is 0 Å². The Labute approximate surface area is 245 Å². The molecule has 0 radical (unpaired) electrons. The smallest absolute Gasteiger partial charge is 0.324 e. The summed E-state index contributed by atoms with van der Waals surface area (Å²) >= 11 is 0. The average Bonchev–Trinajstić information content (AvgIpc) is 2.90. The standard InChI is InChI=1S/C24H51OP.C8H19O4P/c1-4-7-10-13-16-19-22-26(25,23-20-17-14-11-8-5-2)24-21-18-15-12-9-6-3;1-3-5-6-7-8-12-13(9,10)11-4-2/h4-24H2,1-3H3;3-8H2,1-2H3,(H,9,10). The van der Waals surface area contributed by atoms with Gasteiger partial charge in [0, 0.05) is 18.5 Å². The zero-order chi connectivity index (χ0) is 29.5. The van der Waals surface area contributed by atoms with Gasteiger partial charge in [-0.05, 0) is 32.6 Å². The third kappa shape index (κ3) is 32.7. The number of unbranched alkanes of at least 4 members (excludes halogenated alkanes) is 18. The lowest BCUT2D eigenvalue weighted by Crippen LogP contribution is -2.02. The Morgan fingerprint density at radius 1 is 0.436 bits per heavy atom. The lowest BCUT2D eigenvalue weighted by atomic mass is 10.1. The molecule has 1 unspecified atom stereocenters. The normalized spacial score (nSPS) is 13.2. The topological polar surface area (TPSA) is 72.8 Å². The van der Waals surface area contributed by atoms with Crippen molar-refractivity contribution in [1.29, 1.82) is 0 Å². The van der Waals surface area contributed by atoms with Gasteiger partial charge in [0.25, 0.3) is 0 Å². The molecule has 0 amide bonds. The summed E-state index contributed by atoms with van der Waals surface area (Å²) in [6.07, 6.45) is 31.0. The van der Waals surface area contributed by atoms with Gasteiger partial charge in [-0.2, -0.15) is 0 Å². The second-order valence-electron chi connectivity index (χ2n) is 11.3. The second-order valence-corrected chi connectivity index (χ2v) is 16.2. The average molecular weight is 597 g/mol. The van der Waals surface area contributed by atoms with Crippen LogP contribution in [0.1, 0.15) is 176 Å². The highest BCUT2D eigenvalue weighted by Gasteiger charge is 2.21. The first-order valence-corrected chi connectivity index (χ1v) is 20.7. The van der Waals surface area contributed by atoms with Gasteiger partial charge in [0.2, 0.25) is 0 Å². The molecule has 0 spiro atoms. The lowest BCUT2D eigenvalue weighted by molar-refractivity contribution is 0.153. The fourth-order valence-corrected chi connectivity index (χ4v) is 8.62. The van der Waals surface area contributed by atoms with Crippen molar-refractivity contribution in [2.45, 2.75) is 176 Å². The summed E-state index contributed by atoms with van der Waals surface area (Å²) in [4.78, 5) is 8.98. The largest absolute Gasteiger partial charge is 0.472 e. The van der Waals surface area contributed by atoms with Crippen LogP contribution in [0.3, 0.4) is 0 Å². The van der Waals surface area contributed by atoms with Gasteiger partial charge >= 0.3 is 7.82 Å². The fourth-order valence-electron chi connectivity index (χ4n) is 4.79. The number of rotatable bonds is 29. The zero-order valence-electron chi connectivity index (χ0n) is 27.1. The maximum Gasteiger partial charge on any atom is 0.472 e. The first-order valence-electron chi connectivity index (χ1n) is 17.0. The van der Waals surface area contributed by atoms with Gasteiger partial charge < -0.3 is 9.46 Å². The van der Waals surface area contributed by atoms with E-state index in [2.05, 4.69) is 32.2 Å². The van der Waals surface area contributed by atoms with Gasteiger partial charge in [0.15, 0.2) is 0 Å². The molecule has 7 heteroatoms. The quantitative estimate of drug-likeness (QED) is 0.0687. The zero-order valence-corrected chi connectivity index (χ0v) is 28.9. The van der Waals surface area contributed by atoms with Crippen molar-refractivity contribution < 1.29 is 23.1 Å². The van der Waals surface area contributed by atoms with Gasteiger partial charge in [-0.25, -0.2) is 4.57 Å². The predicted molar refractivity (Wildman–Crippen MR) is 174 cm³/mol. The minimum Gasteiger partial charge on any atom is -0.324 e. The first kappa shape index (κ1) is 41.5. The lowest BCUT2D eigenvalue weighted by Gasteiger charge is -2.18. The Kier molecular flexibility index (Phi) is 33.3. The van der Waals surface area contributed by atoms with E-state index in [9.17, 15) is 9.13 Å². The fraction of sp³-hybridized carbons (Fsp3) is 1.00. The summed E-state index contributed by atoms with van der Waals surface area (Å²) in [5.74, 6) is 0. The van der Waals surface area contributed by atoms with Crippen molar-refractivity contribution in [3.8, 4) is 0 Å². The van der Waals surface area contributed by atoms with Crippen LogP contribution in [-0.2, 0) is 18.2 Å². The molecule has 0 aromatic carbocycles. The molecule has 1 N–H and O–H groups in total. The first-order chi connectivity index (χ1) is 18.8. The molecule has 0 aliphatic rings. The maximum atomic E-state index is 13.5. The second kappa shape index (κ2) is 31.3.